The zero-order chi connectivity index (χ0) is 12.8. The van der Waals surface area contributed by atoms with E-state index < -0.39 is 0 Å². The Hall–Kier alpha value is -2.10. The Morgan fingerprint density at radius 1 is 1.28 bits per heavy atom. The minimum absolute atomic E-state index is 0.00156. The molecule has 1 aliphatic rings. The van der Waals surface area contributed by atoms with E-state index in [-0.39, 0.29) is 12.0 Å². The smallest absolute Gasteiger partial charge is 0.0909 e. The van der Waals surface area contributed by atoms with Crippen LogP contribution < -0.4 is 0 Å². The van der Waals surface area contributed by atoms with E-state index in [0.717, 1.165) is 19.5 Å². The average molecular weight is 237 g/mol. The number of rotatable bonds is 3. The zero-order valence-electron chi connectivity index (χ0n) is 10.2. The van der Waals surface area contributed by atoms with Crippen molar-refractivity contribution in [2.75, 3.05) is 6.54 Å². The Morgan fingerprint density at radius 3 is 2.72 bits per heavy atom. The Balaban J connectivity index is 2.10. The maximum absolute atomic E-state index is 9.13. The molecule has 1 aromatic carbocycles. The van der Waals surface area contributed by atoms with Crippen molar-refractivity contribution in [1.29, 1.82) is 10.5 Å². The Bertz CT molecular complexity index is 493. The van der Waals surface area contributed by atoms with Gasteiger partial charge in [-0.05, 0) is 12.0 Å². The van der Waals surface area contributed by atoms with Crippen LogP contribution in [-0.4, -0.2) is 17.5 Å². The molecule has 1 fully saturated rings. The van der Waals surface area contributed by atoms with E-state index >= 15 is 0 Å². The first-order chi connectivity index (χ1) is 8.85. The lowest BCUT2D eigenvalue weighted by Gasteiger charge is -2.22. The van der Waals surface area contributed by atoms with Crippen molar-refractivity contribution in [2.24, 2.45) is 5.92 Å². The Labute approximate surface area is 108 Å². The van der Waals surface area contributed by atoms with Crippen LogP contribution in [0.25, 0.3) is 0 Å². The van der Waals surface area contributed by atoms with Gasteiger partial charge >= 0.3 is 0 Å². The van der Waals surface area contributed by atoms with Gasteiger partial charge < -0.3 is 0 Å². The van der Waals surface area contributed by atoms with Crippen molar-refractivity contribution < 1.29 is 0 Å². The number of allylic oxidation sites excluding steroid dienone is 1. The molecule has 18 heavy (non-hydrogen) atoms. The third kappa shape index (κ3) is 2.77. The first kappa shape index (κ1) is 12.4. The molecular formula is C15H15N3. The number of benzene rings is 1. The zero-order valence-corrected chi connectivity index (χ0v) is 10.2. The molecule has 90 valence electrons. The van der Waals surface area contributed by atoms with Gasteiger partial charge in [0.15, 0.2) is 0 Å². The van der Waals surface area contributed by atoms with Crippen molar-refractivity contribution in [3.8, 4) is 12.1 Å². The molecule has 0 aliphatic carbocycles. The quantitative estimate of drug-likeness (QED) is 0.759. The molecule has 0 bridgehead atoms. The van der Waals surface area contributed by atoms with Gasteiger partial charge in [-0.1, -0.05) is 36.4 Å². The summed E-state index contributed by atoms with van der Waals surface area (Å²) in [5.41, 5.74) is 1.24. The second kappa shape index (κ2) is 6.00. The van der Waals surface area contributed by atoms with Crippen molar-refractivity contribution in [2.45, 2.75) is 19.0 Å². The van der Waals surface area contributed by atoms with Gasteiger partial charge in [0.25, 0.3) is 0 Å². The summed E-state index contributed by atoms with van der Waals surface area (Å²) >= 11 is 0. The van der Waals surface area contributed by atoms with Crippen molar-refractivity contribution >= 4 is 0 Å². The van der Waals surface area contributed by atoms with Crippen LogP contribution in [0.4, 0.5) is 0 Å². The minimum atomic E-state index is -0.00156. The fraction of sp³-hybridized carbons (Fsp3) is 0.333. The van der Waals surface area contributed by atoms with Gasteiger partial charge in [0.2, 0.25) is 0 Å². The lowest BCUT2D eigenvalue weighted by molar-refractivity contribution is 0.270. The molecule has 0 saturated carbocycles. The van der Waals surface area contributed by atoms with E-state index in [0.29, 0.717) is 0 Å². The van der Waals surface area contributed by atoms with Crippen LogP contribution in [-0.2, 0) is 6.54 Å². The molecule has 3 heteroatoms. The maximum atomic E-state index is 9.13. The summed E-state index contributed by atoms with van der Waals surface area (Å²) in [7, 11) is 0. The molecule has 1 heterocycles. The molecule has 0 aromatic heterocycles. The van der Waals surface area contributed by atoms with Gasteiger partial charge in [0.05, 0.1) is 18.1 Å². The van der Waals surface area contributed by atoms with E-state index in [1.807, 2.05) is 30.3 Å². The van der Waals surface area contributed by atoms with Crippen molar-refractivity contribution in [3.63, 3.8) is 0 Å². The van der Waals surface area contributed by atoms with Crippen molar-refractivity contribution in [1.82, 2.24) is 4.90 Å². The van der Waals surface area contributed by atoms with Crippen LogP contribution >= 0.6 is 0 Å². The van der Waals surface area contributed by atoms with E-state index in [9.17, 15) is 0 Å². The summed E-state index contributed by atoms with van der Waals surface area (Å²) in [6.07, 6.45) is 4.21. The van der Waals surface area contributed by atoms with E-state index in [4.69, 9.17) is 10.5 Å². The summed E-state index contributed by atoms with van der Waals surface area (Å²) < 4.78 is 0. The van der Waals surface area contributed by atoms with Gasteiger partial charge in [-0.2, -0.15) is 10.5 Å². The Morgan fingerprint density at radius 2 is 2.06 bits per heavy atom. The highest BCUT2D eigenvalue weighted by atomic mass is 15.2. The summed E-state index contributed by atoms with van der Waals surface area (Å²) in [4.78, 5) is 2.26. The van der Waals surface area contributed by atoms with Crippen LogP contribution in [0.3, 0.4) is 0 Å². The third-order valence-electron chi connectivity index (χ3n) is 3.32. The summed E-state index contributed by atoms with van der Waals surface area (Å²) in [6, 6.07) is 14.6. The average Bonchev–Trinajstić information content (AvgIpc) is 2.79. The molecule has 2 atom stereocenters. The third-order valence-corrected chi connectivity index (χ3v) is 3.32. The lowest BCUT2D eigenvalue weighted by Crippen LogP contribution is -2.30. The summed E-state index contributed by atoms with van der Waals surface area (Å²) in [5.74, 6) is -0.00156. The van der Waals surface area contributed by atoms with Crippen LogP contribution in [0, 0.1) is 28.6 Å². The largest absolute Gasteiger partial charge is 0.291 e. The predicted octanol–water partition coefficient (Wildman–Crippen LogP) is 2.48. The van der Waals surface area contributed by atoms with E-state index in [1.165, 1.54) is 11.6 Å². The van der Waals surface area contributed by atoms with E-state index in [2.05, 4.69) is 23.1 Å². The molecule has 0 amide bonds. The summed E-state index contributed by atoms with van der Waals surface area (Å²) in [5, 5.41) is 17.7. The number of nitrogens with zero attached hydrogens (tertiary/aromatic N) is 3. The number of nitriles is 2. The van der Waals surface area contributed by atoms with Crippen LogP contribution in [0.1, 0.15) is 12.0 Å². The monoisotopic (exact) mass is 237 g/mol. The predicted molar refractivity (Wildman–Crippen MR) is 69.1 cm³/mol. The molecule has 1 aliphatic heterocycles. The molecule has 0 spiro atoms. The van der Waals surface area contributed by atoms with E-state index in [1.54, 1.807) is 0 Å². The fourth-order valence-electron chi connectivity index (χ4n) is 2.42. The van der Waals surface area contributed by atoms with Crippen LogP contribution in [0.2, 0.25) is 0 Å². The summed E-state index contributed by atoms with van der Waals surface area (Å²) in [6.45, 7) is 1.74. The number of hydrogen-bond donors (Lipinski definition) is 0. The Kier molecular flexibility index (Phi) is 4.12. The maximum Gasteiger partial charge on any atom is 0.0909 e. The molecule has 2 rings (SSSR count). The molecule has 3 nitrogen and oxygen atoms in total. The van der Waals surface area contributed by atoms with Gasteiger partial charge in [-0.3, -0.25) is 4.90 Å². The van der Waals surface area contributed by atoms with Gasteiger partial charge in [0, 0.05) is 25.2 Å². The second-order valence-electron chi connectivity index (χ2n) is 4.46. The highest BCUT2D eigenvalue weighted by Gasteiger charge is 2.32. The SMILES string of the molecule is N#C/C=C/[C@H]1[C@H](C#N)CCN1Cc1ccccc1. The fourth-order valence-corrected chi connectivity index (χ4v) is 2.42. The minimum Gasteiger partial charge on any atom is -0.291 e. The number of hydrogen-bond acceptors (Lipinski definition) is 3. The molecular weight excluding hydrogens is 222 g/mol. The van der Waals surface area contributed by atoms with Gasteiger partial charge in [0.1, 0.15) is 0 Å². The van der Waals surface area contributed by atoms with Crippen LogP contribution in [0.5, 0.6) is 0 Å². The lowest BCUT2D eigenvalue weighted by atomic mass is 10.0. The van der Waals surface area contributed by atoms with Gasteiger partial charge in [-0.15, -0.1) is 0 Å². The highest BCUT2D eigenvalue weighted by Crippen LogP contribution is 2.26. The normalized spacial score (nSPS) is 23.9. The molecule has 1 saturated heterocycles. The molecule has 0 N–H and O–H groups in total. The first-order valence-corrected chi connectivity index (χ1v) is 6.09. The number of likely N-dealkylation sites (tertiary alicyclic amines) is 1. The second-order valence-corrected chi connectivity index (χ2v) is 4.46. The highest BCUT2D eigenvalue weighted by molar-refractivity contribution is 5.18. The first-order valence-electron chi connectivity index (χ1n) is 6.09. The standard InChI is InChI=1S/C15H15N3/c16-9-4-7-15-14(11-17)8-10-18(15)12-13-5-2-1-3-6-13/h1-7,14-15H,8,10,12H2/b7-4+/t14-,15-/m0/s1. The molecule has 0 unspecified atom stereocenters. The van der Waals surface area contributed by atoms with Gasteiger partial charge in [-0.25, -0.2) is 0 Å². The van der Waals surface area contributed by atoms with Crippen molar-refractivity contribution in [3.05, 3.63) is 48.0 Å². The topological polar surface area (TPSA) is 50.8 Å². The molecule has 0 radical (unpaired) electrons. The van der Waals surface area contributed by atoms with Crippen LogP contribution in [0.15, 0.2) is 42.5 Å². The molecule has 1 aromatic rings.